The Kier molecular flexibility index (Phi) is 1.71. The average Bonchev–Trinajstić information content (AvgIpc) is 2.56. The first-order chi connectivity index (χ1) is 7.18. The van der Waals surface area contributed by atoms with Gasteiger partial charge in [-0.15, -0.1) is 0 Å². The molecule has 78 valence electrons. The fourth-order valence-corrected chi connectivity index (χ4v) is 2.53. The Morgan fingerprint density at radius 2 is 2.07 bits per heavy atom. The van der Waals surface area contributed by atoms with Crippen LogP contribution in [0.1, 0.15) is 25.2 Å². The van der Waals surface area contributed by atoms with Gasteiger partial charge in [-0.25, -0.2) is 0 Å². The number of rotatable bonds is 0. The number of para-hydroxylation sites is 1. The highest BCUT2D eigenvalue weighted by atomic mass is 16.3. The number of nitrogens with one attached hydrogen (secondary N) is 1. The monoisotopic (exact) mass is 201 g/mol. The van der Waals surface area contributed by atoms with Gasteiger partial charge in [0, 0.05) is 29.5 Å². The summed E-state index contributed by atoms with van der Waals surface area (Å²) in [5.41, 5.74) is 2.38. The van der Waals surface area contributed by atoms with Gasteiger partial charge in [0.15, 0.2) is 0 Å². The van der Waals surface area contributed by atoms with Crippen LogP contribution in [0.3, 0.4) is 0 Å². The molecule has 0 spiro atoms. The lowest BCUT2D eigenvalue weighted by Crippen LogP contribution is -2.41. The molecule has 0 amide bonds. The molecule has 0 saturated heterocycles. The lowest BCUT2D eigenvalue weighted by atomic mass is 9.88. The zero-order valence-electron chi connectivity index (χ0n) is 9.13. The Morgan fingerprint density at radius 1 is 1.27 bits per heavy atom. The molecule has 0 bridgehead atoms. The first-order valence-corrected chi connectivity index (χ1v) is 5.44. The van der Waals surface area contributed by atoms with Crippen LogP contribution in [0.25, 0.3) is 11.0 Å². The second-order valence-corrected chi connectivity index (χ2v) is 4.70. The van der Waals surface area contributed by atoms with Gasteiger partial charge >= 0.3 is 0 Å². The predicted molar refractivity (Wildman–Crippen MR) is 60.9 cm³/mol. The number of fused-ring (bicyclic) bond motifs is 3. The molecule has 3 rings (SSSR count). The Morgan fingerprint density at radius 3 is 2.93 bits per heavy atom. The molecule has 2 heteroatoms. The highest BCUT2D eigenvalue weighted by Gasteiger charge is 2.31. The van der Waals surface area contributed by atoms with Gasteiger partial charge in [-0.3, -0.25) is 0 Å². The molecule has 15 heavy (non-hydrogen) atoms. The van der Waals surface area contributed by atoms with Gasteiger partial charge in [0.05, 0.1) is 0 Å². The van der Waals surface area contributed by atoms with Crippen molar-refractivity contribution in [3.63, 3.8) is 0 Å². The van der Waals surface area contributed by atoms with Crippen molar-refractivity contribution in [2.75, 3.05) is 6.54 Å². The number of hydrogen-bond acceptors (Lipinski definition) is 2. The molecule has 2 aromatic rings. The van der Waals surface area contributed by atoms with Crippen LogP contribution in [-0.4, -0.2) is 6.54 Å². The van der Waals surface area contributed by atoms with E-state index < -0.39 is 0 Å². The van der Waals surface area contributed by atoms with Gasteiger partial charge in [-0.2, -0.15) is 0 Å². The number of hydrogen-bond donors (Lipinski definition) is 1. The Labute approximate surface area is 89.3 Å². The van der Waals surface area contributed by atoms with Crippen LogP contribution in [0, 0.1) is 0 Å². The van der Waals surface area contributed by atoms with Crippen molar-refractivity contribution in [3.05, 3.63) is 35.6 Å². The van der Waals surface area contributed by atoms with Gasteiger partial charge in [0.25, 0.3) is 0 Å². The Bertz CT molecular complexity index is 510. The van der Waals surface area contributed by atoms with Crippen molar-refractivity contribution in [1.82, 2.24) is 5.32 Å². The summed E-state index contributed by atoms with van der Waals surface area (Å²) in [6.45, 7) is 5.43. The minimum Gasteiger partial charge on any atom is -0.461 e. The minimum atomic E-state index is 0.0280. The maximum atomic E-state index is 5.89. The van der Waals surface area contributed by atoms with Gasteiger partial charge in [0.2, 0.25) is 0 Å². The normalized spacial score (nSPS) is 19.1. The fourth-order valence-electron chi connectivity index (χ4n) is 2.53. The van der Waals surface area contributed by atoms with E-state index in [9.17, 15) is 0 Å². The van der Waals surface area contributed by atoms with Gasteiger partial charge < -0.3 is 9.73 Å². The molecule has 1 N–H and O–H groups in total. The summed E-state index contributed by atoms with van der Waals surface area (Å²) < 4.78 is 5.89. The van der Waals surface area contributed by atoms with Crippen LogP contribution in [0.2, 0.25) is 0 Å². The Balaban J connectivity index is 2.37. The summed E-state index contributed by atoms with van der Waals surface area (Å²) >= 11 is 0. The first-order valence-electron chi connectivity index (χ1n) is 5.44. The molecule has 2 heterocycles. The predicted octanol–water partition coefficient (Wildman–Crippen LogP) is 2.81. The third-order valence-corrected chi connectivity index (χ3v) is 3.21. The molecular weight excluding hydrogens is 186 g/mol. The molecule has 2 nitrogen and oxygen atoms in total. The largest absolute Gasteiger partial charge is 0.461 e. The second kappa shape index (κ2) is 2.86. The summed E-state index contributed by atoms with van der Waals surface area (Å²) in [6, 6.07) is 8.29. The van der Waals surface area contributed by atoms with E-state index in [-0.39, 0.29) is 5.54 Å². The molecule has 1 aliphatic heterocycles. The molecule has 0 saturated carbocycles. The third-order valence-electron chi connectivity index (χ3n) is 3.21. The van der Waals surface area contributed by atoms with Crippen molar-refractivity contribution < 1.29 is 4.42 Å². The molecule has 1 aromatic heterocycles. The highest BCUT2D eigenvalue weighted by molar-refractivity contribution is 5.83. The standard InChI is InChI=1S/C13H15NO/c1-13(2)12-9-5-3-4-6-10(9)15-11(12)7-8-14-13/h3-6,14H,7-8H2,1-2H3. The van der Waals surface area contributed by atoms with E-state index in [1.54, 1.807) is 0 Å². The quantitative estimate of drug-likeness (QED) is 0.709. The maximum absolute atomic E-state index is 5.89. The van der Waals surface area contributed by atoms with Crippen LogP contribution < -0.4 is 5.32 Å². The second-order valence-electron chi connectivity index (χ2n) is 4.70. The van der Waals surface area contributed by atoms with Crippen LogP contribution in [0.5, 0.6) is 0 Å². The fraction of sp³-hybridized carbons (Fsp3) is 0.385. The molecule has 0 unspecified atom stereocenters. The molecule has 0 radical (unpaired) electrons. The maximum Gasteiger partial charge on any atom is 0.134 e. The molecule has 0 aliphatic carbocycles. The molecular formula is C13H15NO. The van der Waals surface area contributed by atoms with E-state index in [1.807, 2.05) is 12.1 Å². The summed E-state index contributed by atoms with van der Waals surface area (Å²) in [6.07, 6.45) is 0.993. The first kappa shape index (κ1) is 8.98. The zero-order chi connectivity index (χ0) is 10.5. The SMILES string of the molecule is CC1(C)NCCc2oc3ccccc3c21. The minimum absolute atomic E-state index is 0.0280. The third kappa shape index (κ3) is 1.21. The van der Waals surface area contributed by atoms with Crippen molar-refractivity contribution in [2.24, 2.45) is 0 Å². The smallest absolute Gasteiger partial charge is 0.134 e. The summed E-state index contributed by atoms with van der Waals surface area (Å²) in [5, 5.41) is 4.79. The summed E-state index contributed by atoms with van der Waals surface area (Å²) in [4.78, 5) is 0. The van der Waals surface area contributed by atoms with Gasteiger partial charge in [-0.1, -0.05) is 18.2 Å². The average molecular weight is 201 g/mol. The van der Waals surface area contributed by atoms with Gasteiger partial charge in [0.1, 0.15) is 11.3 Å². The van der Waals surface area contributed by atoms with Crippen molar-refractivity contribution in [1.29, 1.82) is 0 Å². The van der Waals surface area contributed by atoms with Gasteiger partial charge in [-0.05, 0) is 19.9 Å². The molecule has 0 fully saturated rings. The zero-order valence-corrected chi connectivity index (χ0v) is 9.13. The van der Waals surface area contributed by atoms with E-state index >= 15 is 0 Å². The van der Waals surface area contributed by atoms with Crippen molar-refractivity contribution in [2.45, 2.75) is 25.8 Å². The van der Waals surface area contributed by atoms with E-state index in [2.05, 4.69) is 31.3 Å². The lowest BCUT2D eigenvalue weighted by Gasteiger charge is -2.30. The molecule has 1 aromatic carbocycles. The van der Waals surface area contributed by atoms with E-state index in [0.717, 1.165) is 24.3 Å². The summed E-state index contributed by atoms with van der Waals surface area (Å²) in [5.74, 6) is 1.15. The number of furan rings is 1. The van der Waals surface area contributed by atoms with E-state index in [0.29, 0.717) is 0 Å². The van der Waals surface area contributed by atoms with Crippen molar-refractivity contribution >= 4 is 11.0 Å². The topological polar surface area (TPSA) is 25.2 Å². The van der Waals surface area contributed by atoms with Crippen molar-refractivity contribution in [3.8, 4) is 0 Å². The van der Waals surface area contributed by atoms with Crippen LogP contribution in [0.4, 0.5) is 0 Å². The highest BCUT2D eigenvalue weighted by Crippen LogP contribution is 2.36. The van der Waals surface area contributed by atoms with E-state index in [4.69, 9.17) is 4.42 Å². The number of benzene rings is 1. The summed E-state index contributed by atoms with van der Waals surface area (Å²) in [7, 11) is 0. The Hall–Kier alpha value is -1.28. The van der Waals surface area contributed by atoms with E-state index in [1.165, 1.54) is 10.9 Å². The van der Waals surface area contributed by atoms with Crippen LogP contribution in [-0.2, 0) is 12.0 Å². The lowest BCUT2D eigenvalue weighted by molar-refractivity contribution is 0.358. The molecule has 0 atom stereocenters. The van der Waals surface area contributed by atoms with Crippen LogP contribution >= 0.6 is 0 Å². The van der Waals surface area contributed by atoms with Crippen LogP contribution in [0.15, 0.2) is 28.7 Å². The molecule has 1 aliphatic rings.